The lowest BCUT2D eigenvalue weighted by Crippen LogP contribution is -2.49. The van der Waals surface area contributed by atoms with Crippen molar-refractivity contribution in [2.75, 3.05) is 44.1 Å². The molecule has 1 fully saturated rings. The number of carbonyl (C=O) groups excluding carboxylic acids is 2. The normalized spacial score (nSPS) is 30.8. The van der Waals surface area contributed by atoms with E-state index in [0.717, 1.165) is 44.3 Å². The molecule has 0 radical (unpaired) electrons. The predicted molar refractivity (Wildman–Crippen MR) is 199 cm³/mol. The van der Waals surface area contributed by atoms with Gasteiger partial charge in [-0.25, -0.2) is 9.19 Å². The number of rotatable bonds is 3. The van der Waals surface area contributed by atoms with Crippen LogP contribution >= 0.6 is 0 Å². The van der Waals surface area contributed by atoms with E-state index < -0.39 is 21.7 Å². The first-order valence-corrected chi connectivity index (χ1v) is 20.4. The van der Waals surface area contributed by atoms with Crippen LogP contribution in [0.15, 0.2) is 59.1 Å². The van der Waals surface area contributed by atoms with E-state index in [1.54, 1.807) is 31.5 Å². The number of amides is 2. The highest BCUT2D eigenvalue weighted by Gasteiger charge is 2.45. The lowest BCUT2D eigenvalue weighted by Gasteiger charge is -2.45. The Morgan fingerprint density at radius 1 is 1.17 bits per heavy atom. The molecule has 2 amide bonds. The third-order valence-corrected chi connectivity index (χ3v) is 13.7. The quantitative estimate of drug-likeness (QED) is 0.337. The van der Waals surface area contributed by atoms with Gasteiger partial charge in [0.25, 0.3) is 5.91 Å². The van der Waals surface area contributed by atoms with Crippen molar-refractivity contribution in [3.05, 3.63) is 88.4 Å². The van der Waals surface area contributed by atoms with Crippen molar-refractivity contribution in [3.63, 3.8) is 0 Å². The van der Waals surface area contributed by atoms with E-state index in [9.17, 15) is 13.8 Å². The molecule has 11 nitrogen and oxygen atoms in total. The lowest BCUT2D eigenvalue weighted by atomic mass is 9.68. The van der Waals surface area contributed by atoms with E-state index in [1.807, 2.05) is 11.5 Å². The first kappa shape index (κ1) is 35.1. The maximum Gasteiger partial charge on any atom is 0.305 e. The summed E-state index contributed by atoms with van der Waals surface area (Å²) in [7, 11) is -1.79. The molecule has 276 valence electrons. The monoisotopic (exact) mass is 727 g/mol. The Balaban J connectivity index is 1.18. The SMILES string of the molecule is CO[C@H]1/C=C/C[C@H](C)CS(=O)(NC(=O)c2cc3n(c2)CCOC3)=NC(=O)c2ccc3c(n2)N(C[C@@H]2CC[C@H]21)C[C@@]1(CCCc2cc(C)ccc21)CO3. The number of aryl methyl sites for hydroxylation is 2. The van der Waals surface area contributed by atoms with E-state index in [4.69, 9.17) is 19.2 Å². The van der Waals surface area contributed by atoms with Crippen LogP contribution < -0.4 is 14.4 Å². The van der Waals surface area contributed by atoms with Crippen molar-refractivity contribution >= 4 is 27.5 Å². The van der Waals surface area contributed by atoms with Gasteiger partial charge >= 0.3 is 5.91 Å². The van der Waals surface area contributed by atoms with Crippen LogP contribution in [0.1, 0.15) is 82.3 Å². The van der Waals surface area contributed by atoms with Crippen molar-refractivity contribution in [1.29, 1.82) is 0 Å². The summed E-state index contributed by atoms with van der Waals surface area (Å²) in [6, 6.07) is 11.9. The van der Waals surface area contributed by atoms with Gasteiger partial charge in [-0.2, -0.15) is 0 Å². The van der Waals surface area contributed by atoms with Crippen molar-refractivity contribution in [3.8, 4) is 5.75 Å². The molecule has 3 aromatic rings. The number of pyridine rings is 1. The van der Waals surface area contributed by atoms with Crippen LogP contribution in [0.25, 0.3) is 0 Å². The molecule has 5 aliphatic rings. The van der Waals surface area contributed by atoms with Gasteiger partial charge in [0.1, 0.15) is 15.6 Å². The molecule has 1 saturated carbocycles. The molecule has 3 aliphatic heterocycles. The van der Waals surface area contributed by atoms with Gasteiger partial charge in [-0.05, 0) is 92.5 Å². The first-order chi connectivity index (χ1) is 25.1. The number of hydrogen-bond donors (Lipinski definition) is 1. The molecule has 6 atom stereocenters. The summed E-state index contributed by atoms with van der Waals surface area (Å²) in [4.78, 5) is 34.9. The summed E-state index contributed by atoms with van der Waals surface area (Å²) in [5.41, 5.74) is 5.02. The molecule has 1 spiro atoms. The highest BCUT2D eigenvalue weighted by molar-refractivity contribution is 7.92. The van der Waals surface area contributed by atoms with Crippen LogP contribution in [0.5, 0.6) is 5.75 Å². The molecule has 5 heterocycles. The van der Waals surface area contributed by atoms with E-state index in [0.29, 0.717) is 68.3 Å². The Labute approximate surface area is 306 Å². The Morgan fingerprint density at radius 2 is 2.06 bits per heavy atom. The summed E-state index contributed by atoms with van der Waals surface area (Å²) in [5.74, 6) is 0.496. The number of carbonyl (C=O) groups is 2. The minimum Gasteiger partial charge on any atom is -0.489 e. The molecule has 1 N–H and O–H groups in total. The number of allylic oxidation sites excluding steroid dienone is 1. The number of hydrogen-bond acceptors (Lipinski definition) is 8. The Bertz CT molecular complexity index is 2010. The van der Waals surface area contributed by atoms with Gasteiger partial charge in [-0.1, -0.05) is 42.8 Å². The van der Waals surface area contributed by atoms with Crippen LogP contribution in [0.2, 0.25) is 0 Å². The highest BCUT2D eigenvalue weighted by Crippen LogP contribution is 2.46. The second kappa shape index (κ2) is 14.1. The summed E-state index contributed by atoms with van der Waals surface area (Å²) in [6.45, 7) is 7.65. The average Bonchev–Trinajstić information content (AvgIpc) is 3.49. The standard InChI is InChI=1S/C40H49N5O6S/c1-26-9-12-33-28(18-26)7-5-15-40(33)24-45-20-29-10-11-32(29)35(49-3)8-4-6-27(2)23-52(48,42-38(46)30-19-31-22-50-17-16-44(31)21-30)43-39(47)34-13-14-36(51-25-40)37(45)41-34/h4,8-9,12-14,18-19,21,27,29,32,35H,5-7,10-11,15-17,20,22-25H2,1-3H3,(H,42,43,46,47,48)/b8-4+/t27-,29-,32+,35-,40-,52?/m0/s1. The maximum atomic E-state index is 14.6. The van der Waals surface area contributed by atoms with Crippen LogP contribution in [-0.4, -0.2) is 70.8 Å². The fraction of sp³-hybridized carbons (Fsp3) is 0.525. The van der Waals surface area contributed by atoms with Crippen molar-refractivity contribution < 1.29 is 28.0 Å². The molecule has 0 saturated heterocycles. The number of ether oxygens (including phenoxy) is 3. The number of nitrogens with zero attached hydrogens (tertiary/aromatic N) is 4. The van der Waals surface area contributed by atoms with Gasteiger partial charge in [-0.15, -0.1) is 4.36 Å². The number of methoxy groups -OCH3 is 1. The minimum atomic E-state index is -3.56. The molecule has 52 heavy (non-hydrogen) atoms. The van der Waals surface area contributed by atoms with Gasteiger partial charge in [0.05, 0.1) is 37.2 Å². The fourth-order valence-corrected chi connectivity index (χ4v) is 10.8. The molecule has 8 rings (SSSR count). The van der Waals surface area contributed by atoms with Gasteiger partial charge in [-0.3, -0.25) is 14.3 Å². The third kappa shape index (κ3) is 6.80. The molecule has 12 heteroatoms. The molecular weight excluding hydrogens is 679 g/mol. The number of benzene rings is 1. The lowest BCUT2D eigenvalue weighted by molar-refractivity contribution is 0.0131. The van der Waals surface area contributed by atoms with E-state index >= 15 is 0 Å². The van der Waals surface area contributed by atoms with Crippen molar-refractivity contribution in [1.82, 2.24) is 14.3 Å². The van der Waals surface area contributed by atoms with Gasteiger partial charge in [0.2, 0.25) is 0 Å². The van der Waals surface area contributed by atoms with Gasteiger partial charge < -0.3 is 23.7 Å². The Kier molecular flexibility index (Phi) is 9.50. The van der Waals surface area contributed by atoms with E-state index in [-0.39, 0.29) is 28.9 Å². The largest absolute Gasteiger partial charge is 0.489 e. The second-order valence-corrected chi connectivity index (χ2v) is 17.6. The van der Waals surface area contributed by atoms with Crippen LogP contribution in [-0.2, 0) is 44.4 Å². The highest BCUT2D eigenvalue weighted by atomic mass is 32.2. The smallest absolute Gasteiger partial charge is 0.305 e. The van der Waals surface area contributed by atoms with Crippen LogP contribution in [0.3, 0.4) is 0 Å². The first-order valence-electron chi connectivity index (χ1n) is 18.7. The average molecular weight is 728 g/mol. The van der Waals surface area contributed by atoms with Crippen molar-refractivity contribution in [2.45, 2.75) is 77.0 Å². The molecule has 2 bridgehead atoms. The molecular formula is C40H49N5O6S. The summed E-state index contributed by atoms with van der Waals surface area (Å²) in [5, 5.41) is 0. The molecule has 2 aliphatic carbocycles. The number of fused-ring (bicyclic) bond motifs is 5. The zero-order valence-corrected chi connectivity index (χ0v) is 31.2. The Morgan fingerprint density at radius 3 is 2.87 bits per heavy atom. The second-order valence-electron chi connectivity index (χ2n) is 15.6. The summed E-state index contributed by atoms with van der Waals surface area (Å²) < 4.78 is 41.8. The Hall–Kier alpha value is -4.00. The van der Waals surface area contributed by atoms with Crippen LogP contribution in [0.4, 0.5) is 5.82 Å². The molecule has 1 unspecified atom stereocenters. The number of aromatic nitrogens is 2. The van der Waals surface area contributed by atoms with E-state index in [2.05, 4.69) is 51.3 Å². The zero-order chi connectivity index (χ0) is 36.0. The maximum absolute atomic E-state index is 14.6. The number of anilines is 1. The predicted octanol–water partition coefficient (Wildman–Crippen LogP) is 5.79. The summed E-state index contributed by atoms with van der Waals surface area (Å²) in [6.07, 6.45) is 11.7. The van der Waals surface area contributed by atoms with Gasteiger partial charge in [0, 0.05) is 44.0 Å². The minimum absolute atomic E-state index is 0.00320. The van der Waals surface area contributed by atoms with Crippen LogP contribution in [0, 0.1) is 24.7 Å². The molecule has 1 aromatic carbocycles. The topological polar surface area (TPSA) is 124 Å². The fourth-order valence-electron chi connectivity index (χ4n) is 8.92. The van der Waals surface area contributed by atoms with E-state index in [1.165, 1.54) is 16.7 Å². The molecule has 2 aromatic heterocycles. The van der Waals surface area contributed by atoms with Gasteiger partial charge in [0.15, 0.2) is 11.6 Å². The number of nitrogens with one attached hydrogen (secondary N) is 1. The summed E-state index contributed by atoms with van der Waals surface area (Å²) >= 11 is 0. The third-order valence-electron chi connectivity index (χ3n) is 11.7. The van der Waals surface area contributed by atoms with Crippen molar-refractivity contribution in [2.24, 2.45) is 22.1 Å². The zero-order valence-electron chi connectivity index (χ0n) is 30.3.